The third-order valence-electron chi connectivity index (χ3n) is 3.24. The molecule has 0 bridgehead atoms. The largest absolute Gasteiger partial charge is 0.337 e. The van der Waals surface area contributed by atoms with Crippen molar-refractivity contribution in [1.82, 2.24) is 9.88 Å². The summed E-state index contributed by atoms with van der Waals surface area (Å²) in [5.41, 5.74) is 0.402. The van der Waals surface area contributed by atoms with Crippen LogP contribution in [0.3, 0.4) is 0 Å². The summed E-state index contributed by atoms with van der Waals surface area (Å²) in [7, 11) is 1.81. The highest BCUT2D eigenvalue weighted by molar-refractivity contribution is 7.14. The van der Waals surface area contributed by atoms with E-state index in [2.05, 4.69) is 17.2 Å². The van der Waals surface area contributed by atoms with Crippen molar-refractivity contribution in [3.8, 4) is 0 Å². The first-order valence-corrected chi connectivity index (χ1v) is 6.87. The van der Waals surface area contributed by atoms with Crippen molar-refractivity contribution in [1.29, 1.82) is 0 Å². The van der Waals surface area contributed by atoms with E-state index in [9.17, 15) is 9.59 Å². The molecule has 0 saturated heterocycles. The van der Waals surface area contributed by atoms with Gasteiger partial charge in [0.1, 0.15) is 5.69 Å². The van der Waals surface area contributed by atoms with Crippen molar-refractivity contribution >= 4 is 28.3 Å². The second kappa shape index (κ2) is 5.06. The maximum absolute atomic E-state index is 12.2. The molecule has 1 heterocycles. The zero-order chi connectivity index (χ0) is 13.3. The zero-order valence-electron chi connectivity index (χ0n) is 10.8. The van der Waals surface area contributed by atoms with Gasteiger partial charge in [0.05, 0.1) is 0 Å². The maximum atomic E-state index is 12.2. The number of nitrogens with one attached hydrogen (secondary N) is 1. The van der Waals surface area contributed by atoms with Gasteiger partial charge < -0.3 is 10.2 Å². The average molecular weight is 267 g/mol. The highest BCUT2D eigenvalue weighted by atomic mass is 32.1. The van der Waals surface area contributed by atoms with E-state index in [4.69, 9.17) is 0 Å². The van der Waals surface area contributed by atoms with E-state index in [1.807, 2.05) is 7.05 Å². The lowest BCUT2D eigenvalue weighted by Gasteiger charge is -2.23. The highest BCUT2D eigenvalue weighted by Gasteiger charge is 2.33. The summed E-state index contributed by atoms with van der Waals surface area (Å²) in [5.74, 6) is 0.373. The monoisotopic (exact) mass is 267 g/mol. The molecule has 1 unspecified atom stereocenters. The number of aromatic nitrogens is 1. The molecule has 1 saturated carbocycles. The Bertz CT molecular complexity index is 468. The van der Waals surface area contributed by atoms with Gasteiger partial charge in [0, 0.05) is 25.4 Å². The minimum Gasteiger partial charge on any atom is -0.337 e. The molecule has 2 rings (SSSR count). The lowest BCUT2D eigenvalue weighted by atomic mass is 10.2. The molecular weight excluding hydrogens is 250 g/mol. The quantitative estimate of drug-likeness (QED) is 0.907. The van der Waals surface area contributed by atoms with Crippen LogP contribution in [-0.4, -0.2) is 34.8 Å². The Labute approximate surface area is 110 Å². The normalized spacial score (nSPS) is 16.2. The van der Waals surface area contributed by atoms with Crippen LogP contribution in [0.2, 0.25) is 0 Å². The zero-order valence-corrected chi connectivity index (χ0v) is 11.6. The van der Waals surface area contributed by atoms with Crippen molar-refractivity contribution in [2.24, 2.45) is 5.92 Å². The second-order valence-electron chi connectivity index (χ2n) is 4.71. The molecule has 1 aromatic rings. The van der Waals surface area contributed by atoms with E-state index < -0.39 is 0 Å². The van der Waals surface area contributed by atoms with E-state index in [1.54, 1.807) is 10.3 Å². The summed E-state index contributed by atoms with van der Waals surface area (Å²) in [6.45, 7) is 3.49. The van der Waals surface area contributed by atoms with Gasteiger partial charge in [-0.15, -0.1) is 11.3 Å². The number of anilines is 1. The SMILES string of the molecule is CC(=O)Nc1nc(C(=O)N(C)C(C)C2CC2)cs1. The standard InChI is InChI=1S/C12H17N3O2S/c1-7(9-4-5-9)15(3)11(17)10-6-18-12(14-10)13-8(2)16/h6-7,9H,4-5H2,1-3H3,(H,13,14,16). The molecule has 1 aliphatic rings. The molecule has 0 radical (unpaired) electrons. The van der Waals surface area contributed by atoms with Crippen LogP contribution in [0.5, 0.6) is 0 Å². The van der Waals surface area contributed by atoms with Gasteiger partial charge in [-0.05, 0) is 25.7 Å². The molecule has 1 fully saturated rings. The summed E-state index contributed by atoms with van der Waals surface area (Å²) in [6.07, 6.45) is 2.40. The van der Waals surface area contributed by atoms with Crippen LogP contribution in [0.4, 0.5) is 5.13 Å². The van der Waals surface area contributed by atoms with Gasteiger partial charge in [-0.25, -0.2) is 4.98 Å². The fraction of sp³-hybridized carbons (Fsp3) is 0.583. The van der Waals surface area contributed by atoms with Gasteiger partial charge in [0.25, 0.3) is 5.91 Å². The fourth-order valence-electron chi connectivity index (χ4n) is 1.84. The van der Waals surface area contributed by atoms with Gasteiger partial charge in [-0.2, -0.15) is 0 Å². The van der Waals surface area contributed by atoms with Crippen LogP contribution in [0, 0.1) is 5.92 Å². The molecule has 1 N–H and O–H groups in total. The Morgan fingerprint density at radius 3 is 2.78 bits per heavy atom. The Morgan fingerprint density at radius 1 is 1.56 bits per heavy atom. The number of rotatable bonds is 4. The number of hydrogen-bond acceptors (Lipinski definition) is 4. The van der Waals surface area contributed by atoms with Gasteiger partial charge in [-0.1, -0.05) is 0 Å². The van der Waals surface area contributed by atoms with E-state index >= 15 is 0 Å². The smallest absolute Gasteiger partial charge is 0.273 e. The van der Waals surface area contributed by atoms with Crippen LogP contribution >= 0.6 is 11.3 Å². The van der Waals surface area contributed by atoms with E-state index in [0.717, 1.165) is 0 Å². The molecule has 0 spiro atoms. The van der Waals surface area contributed by atoms with Gasteiger partial charge in [-0.3, -0.25) is 9.59 Å². The Morgan fingerprint density at radius 2 is 2.22 bits per heavy atom. The fourth-order valence-corrected chi connectivity index (χ4v) is 2.57. The maximum Gasteiger partial charge on any atom is 0.273 e. The molecule has 1 aromatic heterocycles. The third kappa shape index (κ3) is 2.87. The lowest BCUT2D eigenvalue weighted by Crippen LogP contribution is -2.36. The lowest BCUT2D eigenvalue weighted by molar-refractivity contribution is -0.114. The van der Waals surface area contributed by atoms with Crippen molar-refractivity contribution in [2.75, 3.05) is 12.4 Å². The average Bonchev–Trinajstić information content (AvgIpc) is 3.07. The third-order valence-corrected chi connectivity index (χ3v) is 4.00. The van der Waals surface area contributed by atoms with Crippen LogP contribution in [0.25, 0.3) is 0 Å². The number of thiazole rings is 1. The molecule has 1 atom stereocenters. The number of amides is 2. The van der Waals surface area contributed by atoms with Gasteiger partial charge in [0.2, 0.25) is 5.91 Å². The molecule has 2 amide bonds. The minimum absolute atomic E-state index is 0.0812. The summed E-state index contributed by atoms with van der Waals surface area (Å²) in [5, 5.41) is 4.74. The Balaban J connectivity index is 2.03. The first kappa shape index (κ1) is 13.0. The van der Waals surface area contributed by atoms with Crippen LogP contribution in [0.1, 0.15) is 37.2 Å². The van der Waals surface area contributed by atoms with Crippen LogP contribution < -0.4 is 5.32 Å². The molecule has 18 heavy (non-hydrogen) atoms. The van der Waals surface area contributed by atoms with Crippen LogP contribution in [-0.2, 0) is 4.79 Å². The highest BCUT2D eigenvalue weighted by Crippen LogP contribution is 2.35. The first-order valence-electron chi connectivity index (χ1n) is 5.99. The van der Waals surface area contributed by atoms with E-state index in [0.29, 0.717) is 16.7 Å². The summed E-state index contributed by atoms with van der Waals surface area (Å²) in [4.78, 5) is 28.9. The van der Waals surface area contributed by atoms with E-state index in [-0.39, 0.29) is 17.9 Å². The Hall–Kier alpha value is -1.43. The number of nitrogens with zero attached hydrogens (tertiary/aromatic N) is 2. The number of hydrogen-bond donors (Lipinski definition) is 1. The van der Waals surface area contributed by atoms with E-state index in [1.165, 1.54) is 31.1 Å². The van der Waals surface area contributed by atoms with Gasteiger partial charge >= 0.3 is 0 Å². The van der Waals surface area contributed by atoms with Crippen molar-refractivity contribution in [3.05, 3.63) is 11.1 Å². The molecule has 6 heteroatoms. The van der Waals surface area contributed by atoms with Crippen molar-refractivity contribution in [3.63, 3.8) is 0 Å². The molecule has 0 aromatic carbocycles. The predicted octanol–water partition coefficient (Wildman–Crippen LogP) is 1.97. The first-order chi connectivity index (χ1) is 8.49. The summed E-state index contributed by atoms with van der Waals surface area (Å²) < 4.78 is 0. The molecular formula is C12H17N3O2S. The predicted molar refractivity (Wildman–Crippen MR) is 70.7 cm³/mol. The summed E-state index contributed by atoms with van der Waals surface area (Å²) in [6, 6.07) is 0.253. The van der Waals surface area contributed by atoms with Crippen molar-refractivity contribution in [2.45, 2.75) is 32.7 Å². The summed E-state index contributed by atoms with van der Waals surface area (Å²) >= 11 is 1.27. The molecule has 0 aliphatic heterocycles. The minimum atomic E-state index is -0.178. The van der Waals surface area contributed by atoms with Gasteiger partial charge in [0.15, 0.2) is 5.13 Å². The topological polar surface area (TPSA) is 62.3 Å². The van der Waals surface area contributed by atoms with Crippen LogP contribution in [0.15, 0.2) is 5.38 Å². The second-order valence-corrected chi connectivity index (χ2v) is 5.57. The number of carbonyl (C=O) groups is 2. The molecule has 5 nitrogen and oxygen atoms in total. The van der Waals surface area contributed by atoms with Crippen molar-refractivity contribution < 1.29 is 9.59 Å². The Kier molecular flexibility index (Phi) is 3.65. The molecule has 98 valence electrons. The number of carbonyl (C=O) groups excluding carboxylic acids is 2. The molecule has 1 aliphatic carbocycles.